The summed E-state index contributed by atoms with van der Waals surface area (Å²) >= 11 is 1.98. The maximum Gasteiger partial charge on any atom is 0.328 e. The largest absolute Gasteiger partial charge is 0.478 e. The van der Waals surface area contributed by atoms with Gasteiger partial charge in [0.2, 0.25) is 0 Å². The van der Waals surface area contributed by atoms with Crippen LogP contribution in [0.25, 0.3) is 0 Å². The molecule has 1 rings (SSSR count). The molecule has 1 heterocycles. The average Bonchev–Trinajstić information content (AvgIpc) is 2.32. The number of nitrogens with zero attached hydrogens (tertiary/aromatic N) is 1. The molecule has 1 aliphatic heterocycles. The van der Waals surface area contributed by atoms with Crippen LogP contribution in [0.4, 0.5) is 0 Å². The van der Waals surface area contributed by atoms with Crippen molar-refractivity contribution >= 4 is 17.7 Å². The van der Waals surface area contributed by atoms with E-state index in [1.807, 2.05) is 11.8 Å². The van der Waals surface area contributed by atoms with E-state index in [4.69, 9.17) is 5.11 Å². The molecule has 0 aromatic rings. The van der Waals surface area contributed by atoms with Crippen LogP contribution >= 0.6 is 11.8 Å². The minimum atomic E-state index is -0.857. The van der Waals surface area contributed by atoms with Crippen LogP contribution in [0.2, 0.25) is 0 Å². The third-order valence-electron chi connectivity index (χ3n) is 1.94. The zero-order valence-electron chi connectivity index (χ0n) is 7.61. The van der Waals surface area contributed by atoms with Gasteiger partial charge in [0, 0.05) is 24.9 Å². The van der Waals surface area contributed by atoms with Crippen molar-refractivity contribution in [3.05, 3.63) is 12.2 Å². The van der Waals surface area contributed by atoms with Crippen LogP contribution in [0.3, 0.4) is 0 Å². The molecule has 0 amide bonds. The zero-order chi connectivity index (χ0) is 9.52. The van der Waals surface area contributed by atoms with Gasteiger partial charge in [0.25, 0.3) is 0 Å². The Kier molecular flexibility index (Phi) is 4.93. The maximum absolute atomic E-state index is 10.2. The second-order valence-electron chi connectivity index (χ2n) is 3.01. The molecular formula is C9H15NO2S. The van der Waals surface area contributed by atoms with Crippen molar-refractivity contribution < 1.29 is 9.90 Å². The van der Waals surface area contributed by atoms with Gasteiger partial charge in [0.05, 0.1) is 0 Å². The Morgan fingerprint density at radius 1 is 1.46 bits per heavy atom. The summed E-state index contributed by atoms with van der Waals surface area (Å²) in [6, 6.07) is 0. The molecule has 74 valence electrons. The maximum atomic E-state index is 10.2. The van der Waals surface area contributed by atoms with Gasteiger partial charge in [-0.25, -0.2) is 4.79 Å². The van der Waals surface area contributed by atoms with Crippen molar-refractivity contribution in [2.45, 2.75) is 6.42 Å². The molecule has 13 heavy (non-hydrogen) atoms. The van der Waals surface area contributed by atoms with E-state index in [-0.39, 0.29) is 0 Å². The standard InChI is InChI=1S/C9H15NO2S/c11-9(12)3-1-4-10-5-2-7-13-8-6-10/h1,3H,2,4-8H2,(H,11,12). The summed E-state index contributed by atoms with van der Waals surface area (Å²) in [4.78, 5) is 12.5. The van der Waals surface area contributed by atoms with Gasteiger partial charge < -0.3 is 5.11 Å². The molecule has 3 nitrogen and oxygen atoms in total. The van der Waals surface area contributed by atoms with E-state index in [0.29, 0.717) is 0 Å². The summed E-state index contributed by atoms with van der Waals surface area (Å²) in [5.41, 5.74) is 0. The summed E-state index contributed by atoms with van der Waals surface area (Å²) in [5.74, 6) is 1.55. The van der Waals surface area contributed by atoms with Crippen molar-refractivity contribution in [3.8, 4) is 0 Å². The quantitative estimate of drug-likeness (QED) is 0.693. The smallest absolute Gasteiger partial charge is 0.328 e. The Labute approximate surface area is 82.8 Å². The van der Waals surface area contributed by atoms with E-state index in [2.05, 4.69) is 4.90 Å². The topological polar surface area (TPSA) is 40.5 Å². The third kappa shape index (κ3) is 4.95. The second-order valence-corrected chi connectivity index (χ2v) is 4.23. The van der Waals surface area contributed by atoms with Gasteiger partial charge in [-0.15, -0.1) is 0 Å². The highest BCUT2D eigenvalue weighted by Crippen LogP contribution is 2.09. The Balaban J connectivity index is 2.22. The van der Waals surface area contributed by atoms with Crippen molar-refractivity contribution in [1.82, 2.24) is 4.90 Å². The zero-order valence-corrected chi connectivity index (χ0v) is 8.42. The fourth-order valence-corrected chi connectivity index (χ4v) is 2.21. The number of hydrogen-bond acceptors (Lipinski definition) is 3. The van der Waals surface area contributed by atoms with Gasteiger partial charge in [-0.1, -0.05) is 6.08 Å². The lowest BCUT2D eigenvalue weighted by Gasteiger charge is -2.16. The third-order valence-corrected chi connectivity index (χ3v) is 2.99. The Morgan fingerprint density at radius 2 is 2.31 bits per heavy atom. The monoisotopic (exact) mass is 201 g/mol. The van der Waals surface area contributed by atoms with Gasteiger partial charge in [-0.2, -0.15) is 11.8 Å². The van der Waals surface area contributed by atoms with Crippen molar-refractivity contribution in [2.24, 2.45) is 0 Å². The molecule has 0 atom stereocenters. The number of carbonyl (C=O) groups is 1. The van der Waals surface area contributed by atoms with Crippen molar-refractivity contribution in [2.75, 3.05) is 31.1 Å². The molecule has 0 unspecified atom stereocenters. The minimum absolute atomic E-state index is 0.771. The van der Waals surface area contributed by atoms with Gasteiger partial charge in [0.15, 0.2) is 0 Å². The normalized spacial score (nSPS) is 20.3. The molecule has 0 spiro atoms. The van der Waals surface area contributed by atoms with Crippen molar-refractivity contribution in [3.63, 3.8) is 0 Å². The van der Waals surface area contributed by atoms with Crippen LogP contribution in [0.15, 0.2) is 12.2 Å². The lowest BCUT2D eigenvalue weighted by atomic mass is 10.4. The second kappa shape index (κ2) is 6.05. The lowest BCUT2D eigenvalue weighted by Crippen LogP contribution is -2.26. The fraction of sp³-hybridized carbons (Fsp3) is 0.667. The molecule has 0 aliphatic carbocycles. The predicted octanol–water partition coefficient (Wildman–Crippen LogP) is 1.07. The summed E-state index contributed by atoms with van der Waals surface area (Å²) in [5, 5.41) is 8.39. The van der Waals surface area contributed by atoms with E-state index in [1.54, 1.807) is 6.08 Å². The van der Waals surface area contributed by atoms with Crippen LogP contribution in [-0.4, -0.2) is 47.1 Å². The first-order valence-corrected chi connectivity index (χ1v) is 5.64. The van der Waals surface area contributed by atoms with Gasteiger partial charge in [-0.05, 0) is 18.7 Å². The molecule has 1 aliphatic rings. The highest BCUT2D eigenvalue weighted by Gasteiger charge is 2.06. The molecule has 0 radical (unpaired) electrons. The molecule has 1 fully saturated rings. The first kappa shape index (κ1) is 10.6. The van der Waals surface area contributed by atoms with Crippen LogP contribution < -0.4 is 0 Å². The number of aliphatic carboxylic acids is 1. The first-order valence-electron chi connectivity index (χ1n) is 4.48. The molecule has 0 saturated carbocycles. The molecule has 0 aromatic carbocycles. The lowest BCUT2D eigenvalue weighted by molar-refractivity contribution is -0.131. The van der Waals surface area contributed by atoms with Gasteiger partial charge in [-0.3, -0.25) is 4.90 Å². The summed E-state index contributed by atoms with van der Waals surface area (Å²) < 4.78 is 0. The highest BCUT2D eigenvalue weighted by molar-refractivity contribution is 7.99. The average molecular weight is 201 g/mol. The Bertz CT molecular complexity index is 186. The van der Waals surface area contributed by atoms with Gasteiger partial charge >= 0.3 is 5.97 Å². The molecule has 1 saturated heterocycles. The minimum Gasteiger partial charge on any atom is -0.478 e. The fourth-order valence-electron chi connectivity index (χ4n) is 1.28. The summed E-state index contributed by atoms with van der Waals surface area (Å²) in [6.45, 7) is 2.94. The molecule has 1 N–H and O–H groups in total. The Morgan fingerprint density at radius 3 is 3.08 bits per heavy atom. The number of carboxylic acids is 1. The molecule has 0 aromatic heterocycles. The highest BCUT2D eigenvalue weighted by atomic mass is 32.2. The van der Waals surface area contributed by atoms with E-state index < -0.39 is 5.97 Å². The van der Waals surface area contributed by atoms with E-state index >= 15 is 0 Å². The van der Waals surface area contributed by atoms with E-state index in [9.17, 15) is 4.79 Å². The van der Waals surface area contributed by atoms with E-state index in [0.717, 1.165) is 19.6 Å². The van der Waals surface area contributed by atoms with E-state index in [1.165, 1.54) is 24.0 Å². The Hall–Kier alpha value is -0.480. The SMILES string of the molecule is O=C(O)C=CCN1CCCSCC1. The summed E-state index contributed by atoms with van der Waals surface area (Å²) in [6.07, 6.45) is 4.15. The van der Waals surface area contributed by atoms with Crippen LogP contribution in [0.1, 0.15) is 6.42 Å². The van der Waals surface area contributed by atoms with Crippen LogP contribution in [0, 0.1) is 0 Å². The van der Waals surface area contributed by atoms with Gasteiger partial charge in [0.1, 0.15) is 0 Å². The number of carboxylic acid groups (broad SMARTS) is 1. The molecule has 0 bridgehead atoms. The van der Waals surface area contributed by atoms with Crippen LogP contribution in [-0.2, 0) is 4.79 Å². The van der Waals surface area contributed by atoms with Crippen molar-refractivity contribution in [1.29, 1.82) is 0 Å². The number of thioether (sulfide) groups is 1. The molecular weight excluding hydrogens is 186 g/mol. The number of hydrogen-bond donors (Lipinski definition) is 1. The predicted molar refractivity (Wildman–Crippen MR) is 55.2 cm³/mol. The summed E-state index contributed by atoms with van der Waals surface area (Å²) in [7, 11) is 0. The number of rotatable bonds is 3. The van der Waals surface area contributed by atoms with Crippen LogP contribution in [0.5, 0.6) is 0 Å². The first-order chi connectivity index (χ1) is 6.29. The molecule has 4 heteroatoms.